The lowest BCUT2D eigenvalue weighted by molar-refractivity contribution is 0.0697. The third kappa shape index (κ3) is 2.95. The van der Waals surface area contributed by atoms with Crippen LogP contribution in [0.3, 0.4) is 0 Å². The van der Waals surface area contributed by atoms with Crippen molar-refractivity contribution in [2.45, 2.75) is 0 Å². The van der Waals surface area contributed by atoms with E-state index in [1.807, 2.05) is 0 Å². The molecule has 26 heavy (non-hydrogen) atoms. The van der Waals surface area contributed by atoms with E-state index in [1.54, 1.807) is 18.2 Å². The van der Waals surface area contributed by atoms with E-state index in [0.717, 1.165) is 0 Å². The van der Waals surface area contributed by atoms with Crippen LogP contribution in [-0.4, -0.2) is 30.7 Å². The Hall–Kier alpha value is -3.81. The zero-order valence-electron chi connectivity index (χ0n) is 13.2. The quantitative estimate of drug-likeness (QED) is 0.606. The van der Waals surface area contributed by atoms with Crippen molar-refractivity contribution in [3.63, 3.8) is 0 Å². The molecule has 0 aliphatic heterocycles. The number of benzene rings is 2. The highest BCUT2D eigenvalue weighted by atomic mass is 19.1. The van der Waals surface area contributed by atoms with E-state index in [-0.39, 0.29) is 11.4 Å². The highest BCUT2D eigenvalue weighted by molar-refractivity contribution is 5.87. The second-order valence-electron chi connectivity index (χ2n) is 5.39. The van der Waals surface area contributed by atoms with Gasteiger partial charge in [-0.05, 0) is 36.4 Å². The van der Waals surface area contributed by atoms with Crippen LogP contribution in [0.1, 0.15) is 10.4 Å². The summed E-state index contributed by atoms with van der Waals surface area (Å²) in [5.41, 5.74) is 1.20. The Morgan fingerprint density at radius 3 is 2.65 bits per heavy atom. The fourth-order valence-corrected chi connectivity index (χ4v) is 2.44. The number of fused-ring (bicyclic) bond motifs is 1. The van der Waals surface area contributed by atoms with Gasteiger partial charge < -0.3 is 9.84 Å². The highest BCUT2D eigenvalue weighted by Crippen LogP contribution is 2.27. The Morgan fingerprint density at radius 1 is 1.12 bits per heavy atom. The highest BCUT2D eigenvalue weighted by Gasteiger charge is 2.12. The summed E-state index contributed by atoms with van der Waals surface area (Å²) in [5, 5.41) is 13.0. The topological polar surface area (TPSA) is 89.6 Å². The average Bonchev–Trinajstić information content (AvgIpc) is 3.11. The Bertz CT molecular complexity index is 1110. The number of carboxylic acid groups (broad SMARTS) is 1. The zero-order chi connectivity index (χ0) is 18.1. The fraction of sp³-hybridized carbons (Fsp3) is 0. The van der Waals surface area contributed by atoms with Crippen molar-refractivity contribution in [2.24, 2.45) is 0 Å². The van der Waals surface area contributed by atoms with Crippen molar-refractivity contribution in [1.29, 1.82) is 0 Å². The van der Waals surface area contributed by atoms with Crippen LogP contribution in [-0.2, 0) is 0 Å². The average molecular weight is 350 g/mol. The second kappa shape index (κ2) is 6.25. The number of aromatic nitrogens is 4. The van der Waals surface area contributed by atoms with Gasteiger partial charge >= 0.3 is 5.97 Å². The summed E-state index contributed by atoms with van der Waals surface area (Å²) in [7, 11) is 0. The van der Waals surface area contributed by atoms with Gasteiger partial charge in [-0.15, -0.1) is 0 Å². The lowest BCUT2D eigenvalue weighted by atomic mass is 10.1. The Labute approximate surface area is 146 Å². The molecule has 2 heterocycles. The number of nitrogens with zero attached hydrogens (tertiary/aromatic N) is 4. The number of ether oxygens (including phenoxy) is 1. The minimum Gasteiger partial charge on any atom is -0.478 e. The van der Waals surface area contributed by atoms with Crippen molar-refractivity contribution in [3.05, 3.63) is 72.3 Å². The van der Waals surface area contributed by atoms with Crippen molar-refractivity contribution in [1.82, 2.24) is 19.6 Å². The molecule has 0 atom stereocenters. The van der Waals surface area contributed by atoms with Gasteiger partial charge in [-0.3, -0.25) is 0 Å². The number of halogens is 1. The molecule has 1 N–H and O–H groups in total. The molecule has 2 aromatic carbocycles. The molecule has 0 aliphatic carbocycles. The molecule has 0 bridgehead atoms. The van der Waals surface area contributed by atoms with Gasteiger partial charge in [-0.25, -0.2) is 14.2 Å². The van der Waals surface area contributed by atoms with E-state index in [9.17, 15) is 9.18 Å². The van der Waals surface area contributed by atoms with Crippen LogP contribution >= 0.6 is 0 Å². The van der Waals surface area contributed by atoms with E-state index in [0.29, 0.717) is 28.7 Å². The van der Waals surface area contributed by atoms with Gasteiger partial charge in [0.2, 0.25) is 5.88 Å². The normalized spacial score (nSPS) is 10.8. The molecule has 7 nitrogen and oxygen atoms in total. The summed E-state index contributed by atoms with van der Waals surface area (Å²) >= 11 is 0. The second-order valence-corrected chi connectivity index (χ2v) is 5.39. The summed E-state index contributed by atoms with van der Waals surface area (Å²) in [6.07, 6.45) is 1.33. The van der Waals surface area contributed by atoms with Crippen molar-refractivity contribution < 1.29 is 19.0 Å². The van der Waals surface area contributed by atoms with Crippen LogP contribution in [0.4, 0.5) is 4.39 Å². The molecule has 0 amide bonds. The van der Waals surface area contributed by atoms with Crippen LogP contribution in [0.15, 0.2) is 60.9 Å². The predicted octanol–water partition coefficient (Wildman–Crippen LogP) is 3.42. The molecular formula is C18H11FN4O3. The molecule has 0 radical (unpaired) electrons. The van der Waals surface area contributed by atoms with E-state index >= 15 is 0 Å². The molecule has 0 saturated carbocycles. The number of rotatable bonds is 4. The summed E-state index contributed by atoms with van der Waals surface area (Å²) in [4.78, 5) is 19.3. The maximum Gasteiger partial charge on any atom is 0.335 e. The van der Waals surface area contributed by atoms with Crippen molar-refractivity contribution in [2.75, 3.05) is 0 Å². The van der Waals surface area contributed by atoms with Crippen LogP contribution in [0.2, 0.25) is 0 Å². The van der Waals surface area contributed by atoms with Gasteiger partial charge in [0, 0.05) is 11.6 Å². The molecule has 0 spiro atoms. The van der Waals surface area contributed by atoms with E-state index in [1.165, 1.54) is 47.2 Å². The molecule has 128 valence electrons. The molecule has 4 aromatic rings. The lowest BCUT2D eigenvalue weighted by Gasteiger charge is -2.09. The number of hydrogen-bond donors (Lipinski definition) is 1. The first-order valence-electron chi connectivity index (χ1n) is 7.58. The number of aromatic carboxylic acids is 1. The molecule has 0 fully saturated rings. The first kappa shape index (κ1) is 15.7. The van der Waals surface area contributed by atoms with Crippen LogP contribution in [0.25, 0.3) is 17.0 Å². The minimum atomic E-state index is -1.02. The van der Waals surface area contributed by atoms with E-state index in [4.69, 9.17) is 9.84 Å². The monoisotopic (exact) mass is 350 g/mol. The smallest absolute Gasteiger partial charge is 0.335 e. The van der Waals surface area contributed by atoms with Crippen molar-refractivity contribution >= 4 is 11.7 Å². The van der Waals surface area contributed by atoms with Gasteiger partial charge in [0.1, 0.15) is 17.9 Å². The van der Waals surface area contributed by atoms with Gasteiger partial charge in [-0.1, -0.05) is 12.1 Å². The molecule has 0 saturated heterocycles. The summed E-state index contributed by atoms with van der Waals surface area (Å²) in [6.45, 7) is 0. The molecule has 8 heteroatoms. The van der Waals surface area contributed by atoms with Gasteiger partial charge in [0.05, 0.1) is 11.3 Å². The maximum absolute atomic E-state index is 13.5. The largest absolute Gasteiger partial charge is 0.478 e. The molecule has 4 rings (SSSR count). The molecule has 0 unspecified atom stereocenters. The van der Waals surface area contributed by atoms with Crippen LogP contribution in [0, 0.1) is 5.82 Å². The third-order valence-electron chi connectivity index (χ3n) is 3.66. The summed E-state index contributed by atoms with van der Waals surface area (Å²) < 4.78 is 20.7. The Balaban J connectivity index is 1.76. The zero-order valence-corrected chi connectivity index (χ0v) is 13.2. The van der Waals surface area contributed by atoms with Crippen molar-refractivity contribution in [3.8, 4) is 22.9 Å². The predicted molar refractivity (Wildman–Crippen MR) is 89.7 cm³/mol. The number of carboxylic acids is 1. The van der Waals surface area contributed by atoms with Gasteiger partial charge in [0.25, 0.3) is 5.78 Å². The maximum atomic E-state index is 13.5. The van der Waals surface area contributed by atoms with Crippen LogP contribution < -0.4 is 4.74 Å². The lowest BCUT2D eigenvalue weighted by Crippen LogP contribution is -2.00. The first-order chi connectivity index (χ1) is 12.6. The van der Waals surface area contributed by atoms with E-state index < -0.39 is 5.97 Å². The SMILES string of the molecule is O=C(O)c1ccc(Oc2cc(-c3cccc(F)c3)nc3ncnn23)cc1. The van der Waals surface area contributed by atoms with Crippen LogP contribution in [0.5, 0.6) is 11.6 Å². The number of carbonyl (C=O) groups is 1. The standard InChI is InChI=1S/C18H11FN4O3/c19-13-3-1-2-12(8-13)15-9-16(23-18(22-15)20-10-21-23)26-14-6-4-11(5-7-14)17(24)25/h1-10H,(H,24,25). The number of hydrogen-bond acceptors (Lipinski definition) is 5. The Morgan fingerprint density at radius 2 is 1.92 bits per heavy atom. The van der Waals surface area contributed by atoms with Gasteiger partial charge in [-0.2, -0.15) is 14.6 Å². The molecule has 2 aromatic heterocycles. The fourth-order valence-electron chi connectivity index (χ4n) is 2.44. The third-order valence-corrected chi connectivity index (χ3v) is 3.66. The first-order valence-corrected chi connectivity index (χ1v) is 7.58. The summed E-state index contributed by atoms with van der Waals surface area (Å²) in [6, 6.07) is 13.6. The van der Waals surface area contributed by atoms with Gasteiger partial charge in [0.15, 0.2) is 0 Å². The summed E-state index contributed by atoms with van der Waals surface area (Å²) in [5.74, 6) is -0.369. The molecule has 0 aliphatic rings. The molecular weight excluding hydrogens is 339 g/mol. The Kier molecular flexibility index (Phi) is 3.77. The minimum absolute atomic E-state index is 0.151. The van der Waals surface area contributed by atoms with E-state index in [2.05, 4.69) is 15.1 Å².